The van der Waals surface area contributed by atoms with E-state index < -0.39 is 5.82 Å². The Balaban J connectivity index is 2.28. The number of hydrogen-bond acceptors (Lipinski definition) is 4. The number of ether oxygens (including phenoxy) is 1. The second-order valence-corrected chi connectivity index (χ2v) is 4.04. The summed E-state index contributed by atoms with van der Waals surface area (Å²) in [6.07, 6.45) is 3.01. The highest BCUT2D eigenvalue weighted by Gasteiger charge is 2.07. The van der Waals surface area contributed by atoms with Crippen molar-refractivity contribution in [3.8, 4) is 11.6 Å². The molecule has 1 heterocycles. The zero-order valence-electron chi connectivity index (χ0n) is 8.73. The molecule has 1 aromatic carbocycles. The van der Waals surface area contributed by atoms with Gasteiger partial charge in [0.1, 0.15) is 17.3 Å². The third-order valence-corrected chi connectivity index (χ3v) is 2.68. The molecule has 0 fully saturated rings. The predicted octanol–water partition coefficient (Wildman–Crippen LogP) is 2.63. The lowest BCUT2D eigenvalue weighted by atomic mass is 10.3. The zero-order valence-corrected chi connectivity index (χ0v) is 10.3. The zero-order chi connectivity index (χ0) is 12.3. The smallest absolute Gasteiger partial charge is 0.242 e. The average Bonchev–Trinajstić information content (AvgIpc) is 2.34. The summed E-state index contributed by atoms with van der Waals surface area (Å²) >= 11 is 3.06. The van der Waals surface area contributed by atoms with Gasteiger partial charge >= 0.3 is 0 Å². The Hall–Kier alpha value is -1.53. The van der Waals surface area contributed by atoms with Crippen LogP contribution >= 0.6 is 15.9 Å². The summed E-state index contributed by atoms with van der Waals surface area (Å²) in [6.45, 7) is 0.210. The highest BCUT2D eigenvalue weighted by molar-refractivity contribution is 9.10. The fraction of sp³-hybridized carbons (Fsp3) is 0.0909. The van der Waals surface area contributed by atoms with E-state index in [1.54, 1.807) is 12.1 Å². The minimum absolute atomic E-state index is 0.210. The molecule has 0 saturated heterocycles. The summed E-state index contributed by atoms with van der Waals surface area (Å²) in [5.41, 5.74) is 6.02. The van der Waals surface area contributed by atoms with E-state index in [-0.39, 0.29) is 12.4 Å². The predicted molar refractivity (Wildman–Crippen MR) is 64.1 cm³/mol. The van der Waals surface area contributed by atoms with E-state index in [9.17, 15) is 4.39 Å². The van der Waals surface area contributed by atoms with Crippen LogP contribution in [0.25, 0.3) is 0 Å². The van der Waals surface area contributed by atoms with Gasteiger partial charge in [0.15, 0.2) is 0 Å². The lowest BCUT2D eigenvalue weighted by Gasteiger charge is -2.07. The Morgan fingerprint density at radius 3 is 2.76 bits per heavy atom. The van der Waals surface area contributed by atoms with Crippen molar-refractivity contribution >= 4 is 15.9 Å². The summed E-state index contributed by atoms with van der Waals surface area (Å²) in [6, 6.07) is 4.45. The molecule has 0 aliphatic rings. The van der Waals surface area contributed by atoms with Crippen molar-refractivity contribution in [2.75, 3.05) is 0 Å². The van der Waals surface area contributed by atoms with Crippen LogP contribution in [0.1, 0.15) is 5.69 Å². The van der Waals surface area contributed by atoms with Gasteiger partial charge in [-0.3, -0.25) is 4.98 Å². The van der Waals surface area contributed by atoms with Gasteiger partial charge in [0.25, 0.3) is 0 Å². The molecule has 2 rings (SSSR count). The second-order valence-electron chi connectivity index (χ2n) is 3.19. The van der Waals surface area contributed by atoms with Gasteiger partial charge < -0.3 is 10.5 Å². The molecule has 2 N–H and O–H groups in total. The number of halogens is 2. The minimum atomic E-state index is -0.402. The lowest BCUT2D eigenvalue weighted by molar-refractivity contribution is 0.447. The van der Waals surface area contributed by atoms with Crippen LogP contribution in [0.4, 0.5) is 4.39 Å². The van der Waals surface area contributed by atoms with Crippen LogP contribution in [0.15, 0.2) is 35.1 Å². The molecule has 0 unspecified atom stereocenters. The summed E-state index contributed by atoms with van der Waals surface area (Å²) < 4.78 is 19.1. The molecule has 2 aromatic rings. The van der Waals surface area contributed by atoms with Crippen molar-refractivity contribution in [2.24, 2.45) is 5.73 Å². The normalized spacial score (nSPS) is 10.3. The second kappa shape index (κ2) is 5.20. The van der Waals surface area contributed by atoms with E-state index in [1.165, 1.54) is 18.5 Å². The molecule has 0 aliphatic carbocycles. The maximum atomic E-state index is 13.3. The molecule has 1 aromatic heterocycles. The molecule has 6 heteroatoms. The summed E-state index contributed by atoms with van der Waals surface area (Å²) in [5.74, 6) is 0.235. The van der Waals surface area contributed by atoms with Gasteiger partial charge in [0.2, 0.25) is 5.88 Å². The van der Waals surface area contributed by atoms with E-state index in [1.807, 2.05) is 0 Å². The van der Waals surface area contributed by atoms with E-state index in [2.05, 4.69) is 25.9 Å². The standard InChI is InChI=1S/C11H9BrFN3O/c12-8-2-1-7(5-9(8)13)17-11-10(6-14)15-3-4-16-11/h1-5H,6,14H2. The van der Waals surface area contributed by atoms with Crippen molar-refractivity contribution in [3.05, 3.63) is 46.6 Å². The number of rotatable bonds is 3. The quantitative estimate of drug-likeness (QED) is 0.946. The summed E-state index contributed by atoms with van der Waals surface area (Å²) in [7, 11) is 0. The number of hydrogen-bond donors (Lipinski definition) is 1. The van der Waals surface area contributed by atoms with E-state index in [0.717, 1.165) is 0 Å². The lowest BCUT2D eigenvalue weighted by Crippen LogP contribution is -2.03. The van der Waals surface area contributed by atoms with Crippen molar-refractivity contribution in [3.63, 3.8) is 0 Å². The molecule has 0 bridgehead atoms. The number of nitrogens with zero attached hydrogens (tertiary/aromatic N) is 2. The third-order valence-electron chi connectivity index (χ3n) is 2.03. The third kappa shape index (κ3) is 2.78. The highest BCUT2D eigenvalue weighted by Crippen LogP contribution is 2.25. The largest absolute Gasteiger partial charge is 0.437 e. The number of aromatic nitrogens is 2. The molecule has 0 radical (unpaired) electrons. The Morgan fingerprint density at radius 2 is 2.06 bits per heavy atom. The van der Waals surface area contributed by atoms with E-state index in [0.29, 0.717) is 15.9 Å². The molecule has 0 amide bonds. The molecule has 88 valence electrons. The average molecular weight is 298 g/mol. The Labute approximate surface area is 106 Å². The molecule has 0 atom stereocenters. The summed E-state index contributed by atoms with van der Waals surface area (Å²) in [5, 5.41) is 0. The van der Waals surface area contributed by atoms with Crippen LogP contribution in [0.2, 0.25) is 0 Å². The number of nitrogens with two attached hydrogens (primary N) is 1. The maximum absolute atomic E-state index is 13.3. The van der Waals surface area contributed by atoms with Gasteiger partial charge in [-0.15, -0.1) is 0 Å². The molecule has 17 heavy (non-hydrogen) atoms. The minimum Gasteiger partial charge on any atom is -0.437 e. The van der Waals surface area contributed by atoms with Crippen LogP contribution in [0, 0.1) is 5.82 Å². The molecule has 4 nitrogen and oxygen atoms in total. The Kier molecular flexibility index (Phi) is 3.65. The van der Waals surface area contributed by atoms with E-state index in [4.69, 9.17) is 10.5 Å². The fourth-order valence-corrected chi connectivity index (χ4v) is 1.48. The van der Waals surface area contributed by atoms with Crippen LogP contribution in [0.5, 0.6) is 11.6 Å². The van der Waals surface area contributed by atoms with Gasteiger partial charge in [0.05, 0.1) is 4.47 Å². The van der Waals surface area contributed by atoms with Crippen LogP contribution < -0.4 is 10.5 Å². The number of benzene rings is 1. The highest BCUT2D eigenvalue weighted by atomic mass is 79.9. The first-order valence-electron chi connectivity index (χ1n) is 4.83. The maximum Gasteiger partial charge on any atom is 0.242 e. The first kappa shape index (κ1) is 11.9. The molecule has 0 aliphatic heterocycles. The van der Waals surface area contributed by atoms with Crippen molar-refractivity contribution in [1.29, 1.82) is 0 Å². The van der Waals surface area contributed by atoms with Gasteiger partial charge in [-0.05, 0) is 28.1 Å². The summed E-state index contributed by atoms with van der Waals surface area (Å²) in [4.78, 5) is 8.02. The molecule has 0 spiro atoms. The Morgan fingerprint density at radius 1 is 1.29 bits per heavy atom. The van der Waals surface area contributed by atoms with Gasteiger partial charge in [0, 0.05) is 25.0 Å². The SMILES string of the molecule is NCc1nccnc1Oc1ccc(Br)c(F)c1. The first-order chi connectivity index (χ1) is 8.20. The topological polar surface area (TPSA) is 61.0 Å². The fourth-order valence-electron chi connectivity index (χ4n) is 1.23. The molecular weight excluding hydrogens is 289 g/mol. The van der Waals surface area contributed by atoms with Gasteiger partial charge in [-0.2, -0.15) is 0 Å². The van der Waals surface area contributed by atoms with Crippen LogP contribution in [0.3, 0.4) is 0 Å². The van der Waals surface area contributed by atoms with Gasteiger partial charge in [-0.25, -0.2) is 9.37 Å². The monoisotopic (exact) mass is 297 g/mol. The Bertz CT molecular complexity index is 536. The van der Waals surface area contributed by atoms with Crippen molar-refractivity contribution < 1.29 is 9.13 Å². The first-order valence-corrected chi connectivity index (χ1v) is 5.63. The van der Waals surface area contributed by atoms with Crippen molar-refractivity contribution in [2.45, 2.75) is 6.54 Å². The van der Waals surface area contributed by atoms with Gasteiger partial charge in [-0.1, -0.05) is 0 Å². The van der Waals surface area contributed by atoms with Crippen LogP contribution in [-0.2, 0) is 6.54 Å². The van der Waals surface area contributed by atoms with Crippen molar-refractivity contribution in [1.82, 2.24) is 9.97 Å². The van der Waals surface area contributed by atoms with Crippen LogP contribution in [-0.4, -0.2) is 9.97 Å². The molecule has 0 saturated carbocycles. The van der Waals surface area contributed by atoms with E-state index >= 15 is 0 Å². The molecular formula is C11H9BrFN3O.